The highest BCUT2D eigenvalue weighted by Gasteiger charge is 2.06. The van der Waals surface area contributed by atoms with Crippen LogP contribution in [0.1, 0.15) is 11.4 Å². The Morgan fingerprint density at radius 2 is 1.79 bits per heavy atom. The summed E-state index contributed by atoms with van der Waals surface area (Å²) >= 11 is 2.20. The SMILES string of the molecule is CN(C)c1ccc(/C=C/c2nc3ccc(I)cc3c(=O)n2C)cc1. The summed E-state index contributed by atoms with van der Waals surface area (Å²) in [7, 11) is 5.78. The van der Waals surface area contributed by atoms with E-state index in [2.05, 4.69) is 44.6 Å². The number of hydrogen-bond acceptors (Lipinski definition) is 3. The molecule has 4 nitrogen and oxygen atoms in total. The number of nitrogens with zero attached hydrogens (tertiary/aromatic N) is 3. The molecular formula is C19H18IN3O. The Bertz CT molecular complexity index is 972. The Morgan fingerprint density at radius 1 is 1.08 bits per heavy atom. The van der Waals surface area contributed by atoms with Crippen LogP contribution in [0.3, 0.4) is 0 Å². The van der Waals surface area contributed by atoms with Gasteiger partial charge in [0.05, 0.1) is 10.9 Å². The summed E-state index contributed by atoms with van der Waals surface area (Å²) in [4.78, 5) is 19.2. The van der Waals surface area contributed by atoms with Crippen LogP contribution in [0.15, 0.2) is 47.3 Å². The minimum atomic E-state index is -0.0267. The molecule has 0 fully saturated rings. The van der Waals surface area contributed by atoms with Gasteiger partial charge in [-0.05, 0) is 64.6 Å². The summed E-state index contributed by atoms with van der Waals surface area (Å²) in [6, 6.07) is 14.0. The molecule has 0 saturated heterocycles. The lowest BCUT2D eigenvalue weighted by molar-refractivity contribution is 0.828. The second-order valence-electron chi connectivity index (χ2n) is 5.81. The van der Waals surface area contributed by atoms with Crippen molar-refractivity contribution in [3.05, 3.63) is 67.8 Å². The molecule has 0 saturated carbocycles. The molecule has 5 heteroatoms. The highest BCUT2D eigenvalue weighted by Crippen LogP contribution is 2.16. The zero-order valence-corrected chi connectivity index (χ0v) is 16.0. The van der Waals surface area contributed by atoms with E-state index >= 15 is 0 Å². The molecule has 1 heterocycles. The molecule has 0 N–H and O–H groups in total. The Labute approximate surface area is 154 Å². The first-order chi connectivity index (χ1) is 11.5. The average molecular weight is 431 g/mol. The van der Waals surface area contributed by atoms with Crippen molar-refractivity contribution in [2.75, 3.05) is 19.0 Å². The molecule has 0 aliphatic rings. The third-order valence-electron chi connectivity index (χ3n) is 3.91. The van der Waals surface area contributed by atoms with Gasteiger partial charge in [-0.1, -0.05) is 18.2 Å². The molecule has 24 heavy (non-hydrogen) atoms. The van der Waals surface area contributed by atoms with E-state index in [1.807, 2.05) is 56.6 Å². The number of aromatic nitrogens is 2. The molecular weight excluding hydrogens is 413 g/mol. The first kappa shape index (κ1) is 16.7. The van der Waals surface area contributed by atoms with Gasteiger partial charge in [0, 0.05) is 30.4 Å². The lowest BCUT2D eigenvalue weighted by Crippen LogP contribution is -2.20. The minimum Gasteiger partial charge on any atom is -0.378 e. The highest BCUT2D eigenvalue weighted by molar-refractivity contribution is 14.1. The molecule has 3 rings (SSSR count). The summed E-state index contributed by atoms with van der Waals surface area (Å²) in [5.74, 6) is 0.644. The smallest absolute Gasteiger partial charge is 0.261 e. The van der Waals surface area contributed by atoms with Crippen LogP contribution in [0, 0.1) is 3.57 Å². The molecule has 1 aromatic heterocycles. The first-order valence-electron chi connectivity index (χ1n) is 7.57. The summed E-state index contributed by atoms with van der Waals surface area (Å²) in [5.41, 5.74) is 2.91. The molecule has 122 valence electrons. The second kappa shape index (κ2) is 6.76. The van der Waals surface area contributed by atoms with Gasteiger partial charge < -0.3 is 4.90 Å². The van der Waals surface area contributed by atoms with Crippen molar-refractivity contribution >= 4 is 51.3 Å². The fraction of sp³-hybridized carbons (Fsp3) is 0.158. The Hall–Kier alpha value is -2.15. The number of anilines is 1. The van der Waals surface area contributed by atoms with Gasteiger partial charge in [-0.15, -0.1) is 0 Å². The summed E-state index contributed by atoms with van der Waals surface area (Å²) in [5, 5.41) is 0.650. The van der Waals surface area contributed by atoms with Crippen molar-refractivity contribution in [2.24, 2.45) is 7.05 Å². The molecule has 0 amide bonds. The van der Waals surface area contributed by atoms with Crippen LogP contribution in [-0.2, 0) is 7.05 Å². The maximum Gasteiger partial charge on any atom is 0.261 e. The number of hydrogen-bond donors (Lipinski definition) is 0. The van der Waals surface area contributed by atoms with E-state index in [9.17, 15) is 4.79 Å². The predicted octanol–water partition coefficient (Wildman–Crippen LogP) is 3.77. The van der Waals surface area contributed by atoms with E-state index in [1.54, 1.807) is 11.6 Å². The van der Waals surface area contributed by atoms with Crippen LogP contribution in [0.25, 0.3) is 23.1 Å². The quantitative estimate of drug-likeness (QED) is 0.593. The van der Waals surface area contributed by atoms with Gasteiger partial charge >= 0.3 is 0 Å². The van der Waals surface area contributed by atoms with E-state index in [0.717, 1.165) is 20.3 Å². The van der Waals surface area contributed by atoms with Gasteiger partial charge in [-0.3, -0.25) is 9.36 Å². The van der Waals surface area contributed by atoms with E-state index < -0.39 is 0 Å². The highest BCUT2D eigenvalue weighted by atomic mass is 127. The number of benzene rings is 2. The summed E-state index contributed by atoms with van der Waals surface area (Å²) < 4.78 is 2.62. The first-order valence-corrected chi connectivity index (χ1v) is 8.65. The lowest BCUT2D eigenvalue weighted by Gasteiger charge is -2.11. The monoisotopic (exact) mass is 431 g/mol. The van der Waals surface area contributed by atoms with Crippen LogP contribution >= 0.6 is 22.6 Å². The van der Waals surface area contributed by atoms with Gasteiger partial charge in [-0.25, -0.2) is 4.98 Å². The van der Waals surface area contributed by atoms with Crippen LogP contribution in [0.4, 0.5) is 5.69 Å². The molecule has 0 aliphatic carbocycles. The molecule has 0 bridgehead atoms. The molecule has 0 radical (unpaired) electrons. The molecule has 0 unspecified atom stereocenters. The lowest BCUT2D eigenvalue weighted by atomic mass is 10.2. The van der Waals surface area contributed by atoms with E-state index in [1.165, 1.54) is 0 Å². The molecule has 2 aromatic carbocycles. The van der Waals surface area contributed by atoms with Crippen molar-refractivity contribution in [1.29, 1.82) is 0 Å². The maximum absolute atomic E-state index is 12.5. The van der Waals surface area contributed by atoms with Crippen LogP contribution in [0.5, 0.6) is 0 Å². The zero-order chi connectivity index (χ0) is 17.3. The Kier molecular flexibility index (Phi) is 4.71. The molecule has 0 spiro atoms. The van der Waals surface area contributed by atoms with Gasteiger partial charge in [0.15, 0.2) is 0 Å². The van der Waals surface area contributed by atoms with Gasteiger partial charge in [0.2, 0.25) is 0 Å². The predicted molar refractivity (Wildman–Crippen MR) is 109 cm³/mol. The van der Waals surface area contributed by atoms with Gasteiger partial charge in [0.1, 0.15) is 5.82 Å². The van der Waals surface area contributed by atoms with Gasteiger partial charge in [-0.2, -0.15) is 0 Å². The summed E-state index contributed by atoms with van der Waals surface area (Å²) in [6.45, 7) is 0. The van der Waals surface area contributed by atoms with Crippen LogP contribution < -0.4 is 10.5 Å². The Morgan fingerprint density at radius 3 is 2.46 bits per heavy atom. The topological polar surface area (TPSA) is 38.1 Å². The second-order valence-corrected chi connectivity index (χ2v) is 7.06. The van der Waals surface area contributed by atoms with Crippen molar-refractivity contribution in [1.82, 2.24) is 9.55 Å². The number of halogens is 1. The largest absolute Gasteiger partial charge is 0.378 e. The standard InChI is InChI=1S/C19H18IN3O/c1-22(2)15-8-4-13(5-9-15)6-11-18-21-17-10-7-14(20)12-16(17)19(24)23(18)3/h4-12H,1-3H3/b11-6+. The molecule has 0 aliphatic heterocycles. The third kappa shape index (κ3) is 3.36. The third-order valence-corrected chi connectivity index (χ3v) is 4.58. The van der Waals surface area contributed by atoms with E-state index in [4.69, 9.17) is 0 Å². The minimum absolute atomic E-state index is 0.0267. The number of fused-ring (bicyclic) bond motifs is 1. The van der Waals surface area contributed by atoms with Gasteiger partial charge in [0.25, 0.3) is 5.56 Å². The van der Waals surface area contributed by atoms with Crippen molar-refractivity contribution in [3.63, 3.8) is 0 Å². The zero-order valence-electron chi connectivity index (χ0n) is 13.8. The van der Waals surface area contributed by atoms with E-state index in [0.29, 0.717) is 11.2 Å². The molecule has 3 aromatic rings. The van der Waals surface area contributed by atoms with Crippen molar-refractivity contribution < 1.29 is 0 Å². The van der Waals surface area contributed by atoms with Crippen LogP contribution in [-0.4, -0.2) is 23.6 Å². The maximum atomic E-state index is 12.5. The van der Waals surface area contributed by atoms with Crippen molar-refractivity contribution in [2.45, 2.75) is 0 Å². The van der Waals surface area contributed by atoms with Crippen LogP contribution in [0.2, 0.25) is 0 Å². The fourth-order valence-corrected chi connectivity index (χ4v) is 2.95. The fourth-order valence-electron chi connectivity index (χ4n) is 2.46. The average Bonchev–Trinajstić information content (AvgIpc) is 2.58. The Balaban J connectivity index is 1.99. The molecule has 0 atom stereocenters. The number of rotatable bonds is 3. The van der Waals surface area contributed by atoms with E-state index in [-0.39, 0.29) is 5.56 Å². The normalized spacial score (nSPS) is 11.3. The van der Waals surface area contributed by atoms with Crippen molar-refractivity contribution in [3.8, 4) is 0 Å². The summed E-state index contributed by atoms with van der Waals surface area (Å²) in [6.07, 6.45) is 3.85.